The first kappa shape index (κ1) is 310. The third-order valence-corrected chi connectivity index (χ3v) is 0. The average molecular weight is 866 g/mol. The van der Waals surface area contributed by atoms with E-state index >= 15 is 0 Å². The van der Waals surface area contributed by atoms with E-state index < -0.39 is 0 Å². The summed E-state index contributed by atoms with van der Waals surface area (Å²) in [6.07, 6.45) is 0. The molecule has 57 heavy (non-hydrogen) atoms. The van der Waals surface area contributed by atoms with Gasteiger partial charge in [0.2, 0.25) is 0 Å². The first-order valence-corrected chi connectivity index (χ1v) is 24.0. The van der Waals surface area contributed by atoms with Crippen molar-refractivity contribution in [3.8, 4) is 0 Å². The largest absolute Gasteiger partial charge is 0.0776 e. The van der Waals surface area contributed by atoms with Crippen LogP contribution in [-0.4, -0.2) is 0 Å². The van der Waals surface area contributed by atoms with E-state index in [0.717, 1.165) is 0 Å². The lowest BCUT2D eigenvalue weighted by Crippen LogP contribution is -0.856. The van der Waals surface area contributed by atoms with Crippen LogP contribution in [0.4, 0.5) is 0 Å². The van der Waals surface area contributed by atoms with E-state index in [1.54, 1.807) is 0 Å². The van der Waals surface area contributed by atoms with Crippen LogP contribution in [0, 0.1) is 0 Å². The van der Waals surface area contributed by atoms with Crippen LogP contribution in [0.3, 0.4) is 0 Å². The molecule has 0 amide bonds. The number of hydrogen-bond acceptors (Lipinski definition) is 0. The van der Waals surface area contributed by atoms with Crippen LogP contribution in [0.15, 0.2) is 0 Å². The molecule has 0 saturated carbocycles. The maximum atomic E-state index is 2.00. The van der Waals surface area contributed by atoms with E-state index in [-0.39, 0.29) is 66.8 Å². The van der Waals surface area contributed by atoms with Crippen molar-refractivity contribution in [2.24, 2.45) is 0 Å². The molecule has 0 heteroatoms. The maximum Gasteiger partial charge on any atom is -0.0683 e. The molecule has 0 nitrogen and oxygen atoms in total. The van der Waals surface area contributed by atoms with Crippen LogP contribution in [0.1, 0.15) is 399 Å². The summed E-state index contributed by atoms with van der Waals surface area (Å²) in [6.45, 7) is 96.0. The van der Waals surface area contributed by atoms with E-state index in [4.69, 9.17) is 0 Å². The van der Waals surface area contributed by atoms with Gasteiger partial charge in [-0.15, -0.1) is 0 Å². The van der Waals surface area contributed by atoms with Crippen LogP contribution in [-0.2, 0) is 0 Å². The van der Waals surface area contributed by atoms with Crippen molar-refractivity contribution >= 4 is 0 Å². The predicted octanol–water partition coefficient (Wildman–Crippen LogP) is 30.4. The van der Waals surface area contributed by atoms with Crippen LogP contribution < -0.4 is 0 Å². The van der Waals surface area contributed by atoms with Crippen LogP contribution in [0.25, 0.3) is 0 Å². The van der Waals surface area contributed by atoms with Gasteiger partial charge in [-0.05, 0) is 0 Å². The van der Waals surface area contributed by atoms with E-state index in [0.29, 0.717) is 0 Å². The molecule has 0 aliphatic heterocycles. The fourth-order valence-electron chi connectivity index (χ4n) is 0. The van der Waals surface area contributed by atoms with Gasteiger partial charge < -0.3 is 0 Å². The molecule has 0 spiro atoms. The quantitative estimate of drug-likeness (QED) is 0.228. The summed E-state index contributed by atoms with van der Waals surface area (Å²) in [5.74, 6) is 0. The molecule has 0 saturated heterocycles. The van der Waals surface area contributed by atoms with E-state index in [2.05, 4.69) is 0 Å². The smallest absolute Gasteiger partial charge is 0.0683 e. The van der Waals surface area contributed by atoms with Crippen LogP contribution in [0.2, 0.25) is 0 Å². The van der Waals surface area contributed by atoms with Gasteiger partial charge >= 0.3 is 0 Å². The van der Waals surface area contributed by atoms with Gasteiger partial charge in [0, 0.05) is 0 Å². The minimum atomic E-state index is 0. The lowest BCUT2D eigenvalue weighted by molar-refractivity contribution is 1.50. The summed E-state index contributed by atoms with van der Waals surface area (Å²) in [7, 11) is 0. The van der Waals surface area contributed by atoms with Gasteiger partial charge in [-0.25, -0.2) is 0 Å². The van der Waals surface area contributed by atoms with E-state index in [1.807, 2.05) is 332 Å². The van der Waals surface area contributed by atoms with Gasteiger partial charge in [-0.3, -0.25) is 0 Å². The molecule has 0 fully saturated rings. The molecule has 0 aliphatic carbocycles. The average Bonchev–Trinajstić information content (AvgIpc) is 3.34. The Bertz CT molecular complexity index is 0. The van der Waals surface area contributed by atoms with Crippen molar-refractivity contribution in [2.75, 3.05) is 0 Å². The zero-order chi connectivity index (χ0) is 48.0. The Hall–Kier alpha value is 0. The fourth-order valence-corrected chi connectivity index (χ4v) is 0. The normalized spacial score (nSPS) is 2.53. The van der Waals surface area contributed by atoms with Gasteiger partial charge in [0.15, 0.2) is 0 Å². The highest BCUT2D eigenvalue weighted by Crippen LogP contribution is 1.19. The molecule has 0 aliphatic rings. The lowest BCUT2D eigenvalue weighted by Gasteiger charge is -1.07. The highest BCUT2D eigenvalue weighted by Gasteiger charge is 0.978. The molecule has 0 aromatic carbocycles. The number of rotatable bonds is 0. The van der Waals surface area contributed by atoms with E-state index in [1.165, 1.54) is 0 Å². The maximum absolute atomic E-state index is 2.00. The first-order chi connectivity index (χ1) is 24.0. The lowest BCUT2D eigenvalue weighted by atomic mass is 11.0. The zero-order valence-corrected chi connectivity index (χ0v) is 48.0. The van der Waals surface area contributed by atoms with Crippen molar-refractivity contribution in [1.82, 2.24) is 0 Å². The Kier molecular flexibility index (Phi) is 0. The summed E-state index contributed by atoms with van der Waals surface area (Å²) >= 11 is 0. The summed E-state index contributed by atoms with van der Waals surface area (Å²) in [5, 5.41) is 0. The Morgan fingerprint density at radius 2 is 0.0526 bits per heavy atom. The third-order valence-electron chi connectivity index (χ3n) is 0. The molecule has 408 valence electrons. The highest BCUT2D eigenvalue weighted by molar-refractivity contribution is 3.55. The molecule has 0 N–H and O–H groups in total. The minimum Gasteiger partial charge on any atom is -0.0776 e. The monoisotopic (exact) mass is 865 g/mol. The summed E-state index contributed by atoms with van der Waals surface area (Å²) in [4.78, 5) is 0. The Balaban J connectivity index is -0.00000000338. The van der Waals surface area contributed by atoms with Gasteiger partial charge in [0.05, 0.1) is 0 Å². The summed E-state index contributed by atoms with van der Waals surface area (Å²) in [6, 6.07) is 0. The Morgan fingerprint density at radius 1 is 0.0526 bits per heavy atom. The molecule has 0 heterocycles. The van der Waals surface area contributed by atoms with Crippen LogP contribution >= 0.6 is 0 Å². The standard InChI is InChI=1S/24C2H6.9CH4/c24*1-2;;;;;;;;;/h24*1-2H3;9*1H4. The summed E-state index contributed by atoms with van der Waals surface area (Å²) < 4.78 is 0. The van der Waals surface area contributed by atoms with Crippen molar-refractivity contribution in [3.05, 3.63) is 0 Å². The van der Waals surface area contributed by atoms with Crippen molar-refractivity contribution in [3.63, 3.8) is 0 Å². The number of hydrogen-bond donors (Lipinski definition) is 0. The molecule has 0 aromatic rings. The highest BCUT2D eigenvalue weighted by atomic mass is 13.1. The molecular weight excluding hydrogens is 685 g/mol. The fraction of sp³-hybridized carbons (Fsp3) is 1.00. The Labute approximate surface area is 397 Å². The topological polar surface area (TPSA) is 0 Å². The van der Waals surface area contributed by atoms with E-state index in [9.17, 15) is 0 Å². The molecule has 0 bridgehead atoms. The second-order valence-corrected chi connectivity index (χ2v) is 0. The van der Waals surface area contributed by atoms with Gasteiger partial charge in [-0.2, -0.15) is 0 Å². The molecular formula is C57H180. The van der Waals surface area contributed by atoms with Gasteiger partial charge in [0.25, 0.3) is 0 Å². The predicted molar refractivity (Wildman–Crippen MR) is 333 cm³/mol. The zero-order valence-electron chi connectivity index (χ0n) is 48.0. The molecule has 0 aromatic heterocycles. The van der Waals surface area contributed by atoms with Crippen molar-refractivity contribution in [1.29, 1.82) is 0 Å². The molecule has 0 atom stereocenters. The van der Waals surface area contributed by atoms with Gasteiger partial charge in [0.1, 0.15) is 0 Å². The SMILES string of the molecule is C.C.C.C.C.C.C.C.C.CC.CC.CC.CC.CC.CC.CC.CC.CC.CC.CC.CC.CC.CC.CC.CC.CC.CC.CC.CC.CC.CC.CC.CC. The minimum absolute atomic E-state index is 0. The first-order valence-electron chi connectivity index (χ1n) is 24.0. The molecule has 0 radical (unpaired) electrons. The van der Waals surface area contributed by atoms with Crippen LogP contribution in [0.5, 0.6) is 0 Å². The molecule has 0 unspecified atom stereocenters. The molecule has 0 rings (SSSR count). The second-order valence-electron chi connectivity index (χ2n) is 0. The third kappa shape index (κ3) is 0. The van der Waals surface area contributed by atoms with Crippen molar-refractivity contribution in [2.45, 2.75) is 399 Å². The second kappa shape index (κ2) is 0. The Morgan fingerprint density at radius 3 is 0.0526 bits per heavy atom. The summed E-state index contributed by atoms with van der Waals surface area (Å²) in [5.41, 5.74) is 0. The van der Waals surface area contributed by atoms with Crippen molar-refractivity contribution < 1.29 is 0 Å². The van der Waals surface area contributed by atoms with Gasteiger partial charge in [-0.1, -0.05) is 399 Å².